The summed E-state index contributed by atoms with van der Waals surface area (Å²) in [6.45, 7) is 6.06. The molecule has 0 amide bonds. The number of aromatic nitrogens is 2. The van der Waals surface area contributed by atoms with Gasteiger partial charge in [0.05, 0.1) is 4.92 Å². The van der Waals surface area contributed by atoms with Crippen LogP contribution in [0.25, 0.3) is 0 Å². The highest BCUT2D eigenvalue weighted by molar-refractivity contribution is 9.09. The first-order valence-electron chi connectivity index (χ1n) is 6.28. The van der Waals surface area contributed by atoms with Crippen LogP contribution in [0.5, 0.6) is 0 Å². The third kappa shape index (κ3) is 2.91. The largest absolute Gasteiger partial charge is 0.313 e. The van der Waals surface area contributed by atoms with Gasteiger partial charge in [0.1, 0.15) is 11.4 Å². The summed E-state index contributed by atoms with van der Waals surface area (Å²) < 4.78 is 1.68. The third-order valence-electron chi connectivity index (χ3n) is 3.15. The summed E-state index contributed by atoms with van der Waals surface area (Å²) in [5.41, 5.74) is 1.54. The quantitative estimate of drug-likeness (QED) is 0.458. The first-order chi connectivity index (χ1) is 8.43. The molecule has 0 saturated carbocycles. The SMILES string of the molecule is CCCc1nn(C)c(C(CC)C(C)Br)c1[N+](=O)[O-]. The van der Waals surface area contributed by atoms with Gasteiger partial charge in [-0.15, -0.1) is 0 Å². The predicted octanol–water partition coefficient (Wildman–Crippen LogP) is 3.56. The van der Waals surface area contributed by atoms with Crippen LogP contribution in [-0.2, 0) is 13.5 Å². The van der Waals surface area contributed by atoms with Crippen molar-refractivity contribution in [2.24, 2.45) is 7.05 Å². The van der Waals surface area contributed by atoms with Crippen LogP contribution in [-0.4, -0.2) is 19.5 Å². The molecular formula is C12H20BrN3O2. The number of hydrogen-bond acceptors (Lipinski definition) is 3. The topological polar surface area (TPSA) is 61.0 Å². The highest BCUT2D eigenvalue weighted by atomic mass is 79.9. The van der Waals surface area contributed by atoms with E-state index in [0.29, 0.717) is 12.1 Å². The van der Waals surface area contributed by atoms with E-state index < -0.39 is 0 Å². The molecular weight excluding hydrogens is 298 g/mol. The van der Waals surface area contributed by atoms with Gasteiger partial charge in [-0.05, 0) is 12.8 Å². The van der Waals surface area contributed by atoms with Crippen LogP contribution in [0.4, 0.5) is 5.69 Å². The lowest BCUT2D eigenvalue weighted by molar-refractivity contribution is -0.386. The lowest BCUT2D eigenvalue weighted by atomic mass is 9.97. The molecule has 0 saturated heterocycles. The smallest absolute Gasteiger partial charge is 0.265 e. The van der Waals surface area contributed by atoms with E-state index in [-0.39, 0.29) is 21.4 Å². The molecule has 1 rings (SSSR count). The molecule has 102 valence electrons. The number of aryl methyl sites for hydroxylation is 2. The lowest BCUT2D eigenvalue weighted by Gasteiger charge is -2.17. The minimum Gasteiger partial charge on any atom is -0.265 e. The van der Waals surface area contributed by atoms with E-state index in [1.807, 2.05) is 20.8 Å². The summed E-state index contributed by atoms with van der Waals surface area (Å²) in [5.74, 6) is 0.105. The van der Waals surface area contributed by atoms with E-state index in [2.05, 4.69) is 21.0 Å². The van der Waals surface area contributed by atoms with Crippen LogP contribution in [0.1, 0.15) is 50.9 Å². The number of hydrogen-bond donors (Lipinski definition) is 0. The molecule has 0 aliphatic carbocycles. The van der Waals surface area contributed by atoms with Crippen molar-refractivity contribution in [2.75, 3.05) is 0 Å². The summed E-state index contributed by atoms with van der Waals surface area (Å²) in [6.07, 6.45) is 2.35. The van der Waals surface area contributed by atoms with Gasteiger partial charge in [-0.25, -0.2) is 0 Å². The summed E-state index contributed by atoms with van der Waals surface area (Å²) in [7, 11) is 1.79. The van der Waals surface area contributed by atoms with E-state index in [1.165, 1.54) is 0 Å². The first-order valence-corrected chi connectivity index (χ1v) is 7.19. The Morgan fingerprint density at radius 3 is 2.50 bits per heavy atom. The molecule has 0 fully saturated rings. The van der Waals surface area contributed by atoms with Gasteiger partial charge in [0.15, 0.2) is 0 Å². The Labute approximate surface area is 116 Å². The van der Waals surface area contributed by atoms with Gasteiger partial charge in [-0.2, -0.15) is 5.10 Å². The molecule has 2 atom stereocenters. The van der Waals surface area contributed by atoms with Crippen LogP contribution in [0.3, 0.4) is 0 Å². The van der Waals surface area contributed by atoms with Crippen LogP contribution in [0.15, 0.2) is 0 Å². The zero-order valence-corrected chi connectivity index (χ0v) is 12.9. The number of nitro groups is 1. The summed E-state index contributed by atoms with van der Waals surface area (Å²) in [6, 6.07) is 0. The molecule has 6 heteroatoms. The molecule has 0 radical (unpaired) electrons. The van der Waals surface area contributed by atoms with E-state index >= 15 is 0 Å². The Morgan fingerprint density at radius 2 is 2.11 bits per heavy atom. The van der Waals surface area contributed by atoms with Gasteiger partial charge in [0.2, 0.25) is 0 Å². The number of rotatable bonds is 6. The molecule has 0 aromatic carbocycles. The Kier molecular flexibility index (Phi) is 5.31. The van der Waals surface area contributed by atoms with Crippen molar-refractivity contribution in [2.45, 2.75) is 50.8 Å². The van der Waals surface area contributed by atoms with Crippen molar-refractivity contribution in [1.82, 2.24) is 9.78 Å². The van der Waals surface area contributed by atoms with Gasteiger partial charge in [0.25, 0.3) is 0 Å². The molecule has 2 unspecified atom stereocenters. The first kappa shape index (κ1) is 15.1. The molecule has 0 aliphatic rings. The Balaban J connectivity index is 3.36. The van der Waals surface area contributed by atoms with Crippen LogP contribution in [0.2, 0.25) is 0 Å². The minimum atomic E-state index is -0.286. The summed E-state index contributed by atoms with van der Waals surface area (Å²) in [5, 5.41) is 15.6. The number of halogens is 1. The molecule has 0 aliphatic heterocycles. The van der Waals surface area contributed by atoms with Crippen molar-refractivity contribution >= 4 is 21.6 Å². The van der Waals surface area contributed by atoms with Crippen molar-refractivity contribution in [1.29, 1.82) is 0 Å². The van der Waals surface area contributed by atoms with Crippen LogP contribution >= 0.6 is 15.9 Å². The lowest BCUT2D eigenvalue weighted by Crippen LogP contribution is -2.14. The maximum absolute atomic E-state index is 11.3. The second-order valence-corrected chi connectivity index (χ2v) is 5.95. The molecule has 0 bridgehead atoms. The summed E-state index contributed by atoms with van der Waals surface area (Å²) >= 11 is 3.54. The van der Waals surface area contributed by atoms with Gasteiger partial charge in [-0.1, -0.05) is 43.1 Å². The second kappa shape index (κ2) is 6.31. The maximum atomic E-state index is 11.3. The van der Waals surface area contributed by atoms with Gasteiger partial charge >= 0.3 is 5.69 Å². The van der Waals surface area contributed by atoms with Gasteiger partial charge in [0, 0.05) is 17.8 Å². The predicted molar refractivity (Wildman–Crippen MR) is 75.3 cm³/mol. The van der Waals surface area contributed by atoms with Gasteiger partial charge < -0.3 is 0 Å². The highest BCUT2D eigenvalue weighted by Crippen LogP contribution is 2.36. The second-order valence-electron chi connectivity index (χ2n) is 4.50. The zero-order chi connectivity index (χ0) is 13.9. The average molecular weight is 318 g/mol. The monoisotopic (exact) mass is 317 g/mol. The van der Waals surface area contributed by atoms with Crippen molar-refractivity contribution in [3.63, 3.8) is 0 Å². The minimum absolute atomic E-state index is 0.105. The average Bonchev–Trinajstić information content (AvgIpc) is 2.57. The molecule has 1 aromatic rings. The normalized spacial score (nSPS) is 14.5. The fourth-order valence-electron chi connectivity index (χ4n) is 2.34. The van der Waals surface area contributed by atoms with Crippen LogP contribution in [0, 0.1) is 10.1 Å². The Hall–Kier alpha value is -0.910. The van der Waals surface area contributed by atoms with Crippen LogP contribution < -0.4 is 0 Å². The molecule has 0 N–H and O–H groups in total. The number of nitrogens with zero attached hydrogens (tertiary/aromatic N) is 3. The van der Waals surface area contributed by atoms with E-state index in [0.717, 1.165) is 18.5 Å². The Bertz CT molecular complexity index is 429. The van der Waals surface area contributed by atoms with Crippen molar-refractivity contribution in [3.05, 3.63) is 21.5 Å². The molecule has 0 spiro atoms. The standard InChI is InChI=1S/C12H20BrN3O2/c1-5-7-10-12(16(17)18)11(15(4)14-10)9(6-2)8(3)13/h8-9H,5-7H2,1-4H3. The summed E-state index contributed by atoms with van der Waals surface area (Å²) in [4.78, 5) is 11.2. The molecule has 5 nitrogen and oxygen atoms in total. The van der Waals surface area contributed by atoms with Crippen molar-refractivity contribution < 1.29 is 4.92 Å². The fraction of sp³-hybridized carbons (Fsp3) is 0.750. The third-order valence-corrected chi connectivity index (χ3v) is 3.79. The van der Waals surface area contributed by atoms with E-state index in [4.69, 9.17) is 0 Å². The maximum Gasteiger partial charge on any atom is 0.313 e. The Morgan fingerprint density at radius 1 is 1.50 bits per heavy atom. The number of alkyl halides is 1. The molecule has 1 aromatic heterocycles. The van der Waals surface area contributed by atoms with Crippen molar-refractivity contribution in [3.8, 4) is 0 Å². The molecule has 18 heavy (non-hydrogen) atoms. The van der Waals surface area contributed by atoms with E-state index in [1.54, 1.807) is 11.7 Å². The zero-order valence-electron chi connectivity index (χ0n) is 11.3. The van der Waals surface area contributed by atoms with E-state index in [9.17, 15) is 10.1 Å². The highest BCUT2D eigenvalue weighted by Gasteiger charge is 2.32. The fourth-order valence-corrected chi connectivity index (χ4v) is 2.96. The molecule has 1 heterocycles. The van der Waals surface area contributed by atoms with Gasteiger partial charge in [-0.3, -0.25) is 14.8 Å².